The summed E-state index contributed by atoms with van der Waals surface area (Å²) in [4.78, 5) is 12.5. The smallest absolute Gasteiger partial charge is 0.268 e. The zero-order valence-electron chi connectivity index (χ0n) is 12.5. The van der Waals surface area contributed by atoms with Crippen molar-refractivity contribution in [2.45, 2.75) is 65.0 Å². The van der Waals surface area contributed by atoms with E-state index in [1.54, 1.807) is 0 Å². The number of carbonyl (C=O) groups is 1. The summed E-state index contributed by atoms with van der Waals surface area (Å²) >= 11 is 3.46. The highest BCUT2D eigenvalue weighted by Gasteiger charge is 2.23. The number of halogens is 1. The molecule has 112 valence electrons. The Morgan fingerprint density at radius 1 is 1.45 bits per heavy atom. The number of aromatic nitrogens is 1. The van der Waals surface area contributed by atoms with Crippen LogP contribution in [0.25, 0.3) is 0 Å². The molecule has 1 N–H and O–H groups in total. The largest absolute Gasteiger partial charge is 0.348 e. The van der Waals surface area contributed by atoms with Crippen LogP contribution < -0.4 is 5.32 Å². The van der Waals surface area contributed by atoms with Gasteiger partial charge in [-0.3, -0.25) is 4.79 Å². The Morgan fingerprint density at radius 3 is 2.80 bits per heavy atom. The molecule has 1 atom stereocenters. The van der Waals surface area contributed by atoms with Crippen molar-refractivity contribution < 1.29 is 4.79 Å². The van der Waals surface area contributed by atoms with Crippen molar-refractivity contribution in [1.82, 2.24) is 9.88 Å². The molecule has 1 aromatic heterocycles. The van der Waals surface area contributed by atoms with Gasteiger partial charge in [-0.15, -0.1) is 0 Å². The van der Waals surface area contributed by atoms with Crippen molar-refractivity contribution in [3.63, 3.8) is 0 Å². The Hall–Kier alpha value is -0.770. The van der Waals surface area contributed by atoms with Gasteiger partial charge in [0.2, 0.25) is 0 Å². The van der Waals surface area contributed by atoms with Crippen LogP contribution in [-0.4, -0.2) is 16.5 Å². The quantitative estimate of drug-likeness (QED) is 0.848. The molecule has 0 radical (unpaired) electrons. The van der Waals surface area contributed by atoms with Crippen molar-refractivity contribution in [3.8, 4) is 0 Å². The first-order valence-corrected chi connectivity index (χ1v) is 8.57. The Balaban J connectivity index is 2.00. The molecule has 0 saturated heterocycles. The summed E-state index contributed by atoms with van der Waals surface area (Å²) in [6.07, 6.45) is 9.49. The molecule has 1 unspecified atom stereocenters. The molecule has 1 saturated carbocycles. The van der Waals surface area contributed by atoms with Crippen molar-refractivity contribution >= 4 is 21.8 Å². The topological polar surface area (TPSA) is 34.0 Å². The zero-order chi connectivity index (χ0) is 14.5. The molecule has 1 heterocycles. The van der Waals surface area contributed by atoms with Crippen LogP contribution in [0.15, 0.2) is 16.7 Å². The Kier molecular flexibility index (Phi) is 5.70. The van der Waals surface area contributed by atoms with E-state index in [1.165, 1.54) is 32.1 Å². The highest BCUT2D eigenvalue weighted by atomic mass is 79.9. The Morgan fingerprint density at radius 2 is 2.15 bits per heavy atom. The first-order chi connectivity index (χ1) is 9.61. The molecule has 4 heteroatoms. The van der Waals surface area contributed by atoms with Gasteiger partial charge in [0.25, 0.3) is 5.91 Å². The molecule has 1 aromatic rings. The van der Waals surface area contributed by atoms with E-state index < -0.39 is 0 Å². The Labute approximate surface area is 130 Å². The molecule has 0 bridgehead atoms. The van der Waals surface area contributed by atoms with Gasteiger partial charge in [-0.25, -0.2) is 0 Å². The van der Waals surface area contributed by atoms with Gasteiger partial charge in [-0.2, -0.15) is 0 Å². The fraction of sp³-hybridized carbons (Fsp3) is 0.688. The number of nitrogens with one attached hydrogen (secondary N) is 1. The van der Waals surface area contributed by atoms with E-state index in [0.29, 0.717) is 5.92 Å². The molecule has 0 aliphatic heterocycles. The van der Waals surface area contributed by atoms with Crippen molar-refractivity contribution in [3.05, 3.63) is 22.4 Å². The van der Waals surface area contributed by atoms with E-state index >= 15 is 0 Å². The summed E-state index contributed by atoms with van der Waals surface area (Å²) in [7, 11) is 0. The molecular weight excluding hydrogens is 316 g/mol. The SMILES string of the molecule is CCCn1cc(Br)cc1C(=O)NC(C)C1CCCCC1. The minimum Gasteiger partial charge on any atom is -0.348 e. The normalized spacial score (nSPS) is 17.9. The lowest BCUT2D eigenvalue weighted by Crippen LogP contribution is -2.39. The van der Waals surface area contributed by atoms with Crippen molar-refractivity contribution in [2.24, 2.45) is 5.92 Å². The standard InChI is InChI=1S/C16H25BrN2O/c1-3-9-19-11-14(17)10-15(19)16(20)18-12(2)13-7-5-4-6-8-13/h10-13H,3-9H2,1-2H3,(H,18,20). The second-order valence-electron chi connectivity index (χ2n) is 5.90. The maximum Gasteiger partial charge on any atom is 0.268 e. The molecule has 3 nitrogen and oxygen atoms in total. The summed E-state index contributed by atoms with van der Waals surface area (Å²) in [5.74, 6) is 0.702. The van der Waals surface area contributed by atoms with Gasteiger partial charge in [0, 0.05) is 23.3 Å². The number of hydrogen-bond donors (Lipinski definition) is 1. The van der Waals surface area contributed by atoms with Gasteiger partial charge < -0.3 is 9.88 Å². The minimum atomic E-state index is 0.0576. The lowest BCUT2D eigenvalue weighted by molar-refractivity contribution is 0.0909. The van der Waals surface area contributed by atoms with Crippen molar-refractivity contribution in [1.29, 1.82) is 0 Å². The fourth-order valence-electron chi connectivity index (χ4n) is 3.12. The molecular formula is C16H25BrN2O. The van der Waals surface area contributed by atoms with Crippen LogP contribution >= 0.6 is 15.9 Å². The summed E-state index contributed by atoms with van der Waals surface area (Å²) in [5.41, 5.74) is 0.765. The monoisotopic (exact) mass is 340 g/mol. The third kappa shape index (κ3) is 3.87. The van der Waals surface area contributed by atoms with E-state index in [4.69, 9.17) is 0 Å². The minimum absolute atomic E-state index is 0.0576. The third-order valence-corrected chi connectivity index (χ3v) is 4.71. The molecule has 0 spiro atoms. The predicted molar refractivity (Wildman–Crippen MR) is 85.9 cm³/mol. The van der Waals surface area contributed by atoms with Gasteiger partial charge in [0.15, 0.2) is 0 Å². The van der Waals surface area contributed by atoms with Gasteiger partial charge in [-0.1, -0.05) is 26.2 Å². The molecule has 1 aliphatic rings. The lowest BCUT2D eigenvalue weighted by atomic mass is 9.84. The maximum absolute atomic E-state index is 12.5. The van der Waals surface area contributed by atoms with Gasteiger partial charge in [0.05, 0.1) is 0 Å². The van der Waals surface area contributed by atoms with E-state index in [0.717, 1.165) is 23.1 Å². The van der Waals surface area contributed by atoms with Gasteiger partial charge in [-0.05, 0) is 54.1 Å². The number of hydrogen-bond acceptors (Lipinski definition) is 1. The van der Waals surface area contributed by atoms with E-state index in [9.17, 15) is 4.79 Å². The van der Waals surface area contributed by atoms with Crippen LogP contribution in [0.4, 0.5) is 0 Å². The van der Waals surface area contributed by atoms with Crippen LogP contribution in [0.1, 0.15) is 62.9 Å². The average Bonchev–Trinajstić information content (AvgIpc) is 2.81. The predicted octanol–water partition coefficient (Wildman–Crippen LogP) is 4.36. The highest BCUT2D eigenvalue weighted by Crippen LogP contribution is 2.26. The molecule has 0 aromatic carbocycles. The zero-order valence-corrected chi connectivity index (χ0v) is 14.1. The van der Waals surface area contributed by atoms with E-state index in [-0.39, 0.29) is 11.9 Å². The number of amides is 1. The van der Waals surface area contributed by atoms with Crippen LogP contribution in [0, 0.1) is 5.92 Å². The summed E-state index contributed by atoms with van der Waals surface area (Å²) < 4.78 is 3.01. The van der Waals surface area contributed by atoms with Crippen LogP contribution in [-0.2, 0) is 6.54 Å². The van der Waals surface area contributed by atoms with Crippen LogP contribution in [0.3, 0.4) is 0 Å². The second-order valence-corrected chi connectivity index (χ2v) is 6.81. The van der Waals surface area contributed by atoms with E-state index in [1.807, 2.05) is 16.8 Å². The summed E-state index contributed by atoms with van der Waals surface area (Å²) in [6, 6.07) is 2.19. The second kappa shape index (κ2) is 7.30. The Bertz CT molecular complexity index is 449. The highest BCUT2D eigenvalue weighted by molar-refractivity contribution is 9.10. The molecule has 1 amide bonds. The van der Waals surface area contributed by atoms with Crippen molar-refractivity contribution in [2.75, 3.05) is 0 Å². The lowest BCUT2D eigenvalue weighted by Gasteiger charge is -2.28. The average molecular weight is 341 g/mol. The summed E-state index contributed by atoms with van der Waals surface area (Å²) in [6.45, 7) is 5.16. The number of aryl methyl sites for hydroxylation is 1. The fourth-order valence-corrected chi connectivity index (χ4v) is 3.59. The number of carbonyl (C=O) groups excluding carboxylic acids is 1. The maximum atomic E-state index is 12.5. The van der Waals surface area contributed by atoms with Crippen LogP contribution in [0.5, 0.6) is 0 Å². The molecule has 20 heavy (non-hydrogen) atoms. The van der Waals surface area contributed by atoms with Gasteiger partial charge >= 0.3 is 0 Å². The number of nitrogens with zero attached hydrogens (tertiary/aromatic N) is 1. The first kappa shape index (κ1) is 15.6. The molecule has 2 rings (SSSR count). The first-order valence-electron chi connectivity index (χ1n) is 7.78. The third-order valence-electron chi connectivity index (χ3n) is 4.28. The van der Waals surface area contributed by atoms with Gasteiger partial charge in [0.1, 0.15) is 5.69 Å². The van der Waals surface area contributed by atoms with E-state index in [2.05, 4.69) is 35.1 Å². The summed E-state index contributed by atoms with van der Waals surface area (Å²) in [5, 5.41) is 3.20. The number of rotatable bonds is 5. The molecule has 1 aliphatic carbocycles. The molecule has 1 fully saturated rings. The van der Waals surface area contributed by atoms with Crippen LogP contribution in [0.2, 0.25) is 0 Å².